The summed E-state index contributed by atoms with van der Waals surface area (Å²) in [7, 11) is 0. The molecule has 1 aromatic rings. The average Bonchev–Trinajstić information content (AvgIpc) is 2.91. The zero-order valence-electron chi connectivity index (χ0n) is 13.1. The van der Waals surface area contributed by atoms with Crippen LogP contribution < -0.4 is 5.73 Å². The highest BCUT2D eigenvalue weighted by molar-refractivity contribution is 5.90. The van der Waals surface area contributed by atoms with Gasteiger partial charge < -0.3 is 15.2 Å². The number of hydrogen-bond donors (Lipinski definition) is 1. The third-order valence-electron chi connectivity index (χ3n) is 4.19. The zero-order chi connectivity index (χ0) is 16.1. The number of ether oxygens (including phenoxy) is 2. The van der Waals surface area contributed by atoms with Gasteiger partial charge in [-0.2, -0.15) is 0 Å². The SMILES string of the molecule is CCOC(=O)C1CC(OC(=O)c2ccc(N)cc2)CC1CC. The van der Waals surface area contributed by atoms with Gasteiger partial charge in [0.25, 0.3) is 0 Å². The highest BCUT2D eigenvalue weighted by Crippen LogP contribution is 2.37. The molecule has 0 aromatic heterocycles. The summed E-state index contributed by atoms with van der Waals surface area (Å²) in [6.45, 7) is 4.22. The monoisotopic (exact) mass is 305 g/mol. The van der Waals surface area contributed by atoms with E-state index in [9.17, 15) is 9.59 Å². The van der Waals surface area contributed by atoms with Crippen LogP contribution in [0.5, 0.6) is 0 Å². The van der Waals surface area contributed by atoms with Crippen molar-refractivity contribution in [2.45, 2.75) is 39.2 Å². The van der Waals surface area contributed by atoms with Gasteiger partial charge in [0, 0.05) is 5.69 Å². The molecular formula is C17H23NO4. The molecule has 2 rings (SSSR count). The third kappa shape index (κ3) is 3.78. The predicted octanol–water partition coefficient (Wildman–Crippen LogP) is 2.79. The van der Waals surface area contributed by atoms with Gasteiger partial charge in [-0.15, -0.1) is 0 Å². The Bertz CT molecular complexity index is 526. The molecule has 3 atom stereocenters. The van der Waals surface area contributed by atoms with Gasteiger partial charge in [0.15, 0.2) is 0 Å². The van der Waals surface area contributed by atoms with E-state index in [0.717, 1.165) is 6.42 Å². The largest absolute Gasteiger partial charge is 0.466 e. The fourth-order valence-electron chi connectivity index (χ4n) is 3.00. The summed E-state index contributed by atoms with van der Waals surface area (Å²) in [6.07, 6.45) is 1.89. The predicted molar refractivity (Wildman–Crippen MR) is 83.2 cm³/mol. The molecular weight excluding hydrogens is 282 g/mol. The van der Waals surface area contributed by atoms with E-state index < -0.39 is 0 Å². The highest BCUT2D eigenvalue weighted by atomic mass is 16.5. The number of carbonyl (C=O) groups is 2. The molecule has 1 fully saturated rings. The van der Waals surface area contributed by atoms with Crippen molar-refractivity contribution < 1.29 is 19.1 Å². The summed E-state index contributed by atoms with van der Waals surface area (Å²) in [6, 6.07) is 6.63. The fourth-order valence-corrected chi connectivity index (χ4v) is 3.00. The van der Waals surface area contributed by atoms with Gasteiger partial charge in [-0.25, -0.2) is 4.79 Å². The topological polar surface area (TPSA) is 78.6 Å². The van der Waals surface area contributed by atoms with Crippen LogP contribution in [-0.2, 0) is 14.3 Å². The van der Waals surface area contributed by atoms with Gasteiger partial charge in [-0.1, -0.05) is 13.3 Å². The molecule has 0 saturated heterocycles. The maximum atomic E-state index is 12.1. The molecule has 1 aliphatic rings. The lowest BCUT2D eigenvalue weighted by Crippen LogP contribution is -2.21. The van der Waals surface area contributed by atoms with Crippen LogP contribution in [0, 0.1) is 11.8 Å². The van der Waals surface area contributed by atoms with Gasteiger partial charge in [-0.05, 0) is 49.9 Å². The zero-order valence-corrected chi connectivity index (χ0v) is 13.1. The van der Waals surface area contributed by atoms with Crippen LogP contribution in [0.2, 0.25) is 0 Å². The van der Waals surface area contributed by atoms with Crippen molar-refractivity contribution in [2.24, 2.45) is 11.8 Å². The van der Waals surface area contributed by atoms with Gasteiger partial charge in [0.1, 0.15) is 6.10 Å². The van der Waals surface area contributed by atoms with Crippen molar-refractivity contribution in [3.05, 3.63) is 29.8 Å². The Kier molecular flexibility index (Phi) is 5.41. The average molecular weight is 305 g/mol. The molecule has 22 heavy (non-hydrogen) atoms. The number of rotatable bonds is 5. The number of benzene rings is 1. The number of hydrogen-bond acceptors (Lipinski definition) is 5. The summed E-state index contributed by atoms with van der Waals surface area (Å²) in [5.74, 6) is -0.512. The van der Waals surface area contributed by atoms with Crippen molar-refractivity contribution in [1.29, 1.82) is 0 Å². The van der Waals surface area contributed by atoms with Gasteiger partial charge in [0.05, 0.1) is 18.1 Å². The molecule has 5 heteroatoms. The van der Waals surface area contributed by atoms with E-state index in [-0.39, 0.29) is 29.9 Å². The Balaban J connectivity index is 1.97. The van der Waals surface area contributed by atoms with Crippen LogP contribution in [0.15, 0.2) is 24.3 Å². The quantitative estimate of drug-likeness (QED) is 0.668. The molecule has 3 unspecified atom stereocenters. The minimum atomic E-state index is -0.371. The number of anilines is 1. The van der Waals surface area contributed by atoms with Crippen LogP contribution in [0.1, 0.15) is 43.5 Å². The van der Waals surface area contributed by atoms with Crippen LogP contribution in [0.3, 0.4) is 0 Å². The Hall–Kier alpha value is -2.04. The summed E-state index contributed by atoms with van der Waals surface area (Å²) in [5, 5.41) is 0. The molecule has 5 nitrogen and oxygen atoms in total. The lowest BCUT2D eigenvalue weighted by atomic mass is 9.94. The van der Waals surface area contributed by atoms with E-state index in [4.69, 9.17) is 15.2 Å². The Morgan fingerprint density at radius 3 is 2.45 bits per heavy atom. The first-order valence-electron chi connectivity index (χ1n) is 7.78. The number of nitrogens with two attached hydrogens (primary N) is 1. The van der Waals surface area contributed by atoms with Crippen LogP contribution >= 0.6 is 0 Å². The summed E-state index contributed by atoms with van der Waals surface area (Å²) < 4.78 is 10.7. The van der Waals surface area contributed by atoms with Gasteiger partial charge in [-0.3, -0.25) is 4.79 Å². The molecule has 0 aliphatic heterocycles. The fraction of sp³-hybridized carbons (Fsp3) is 0.529. The Morgan fingerprint density at radius 2 is 1.86 bits per heavy atom. The molecule has 2 N–H and O–H groups in total. The Labute approximate surface area is 130 Å². The van der Waals surface area contributed by atoms with E-state index >= 15 is 0 Å². The number of esters is 2. The van der Waals surface area contributed by atoms with E-state index in [1.54, 1.807) is 31.2 Å². The standard InChI is InChI=1S/C17H23NO4/c1-3-11-9-14(10-15(11)17(20)21-4-2)22-16(19)12-5-7-13(18)8-6-12/h5-8,11,14-15H,3-4,9-10,18H2,1-2H3. The number of nitrogen functional groups attached to an aromatic ring is 1. The second-order valence-electron chi connectivity index (χ2n) is 5.65. The molecule has 0 radical (unpaired) electrons. The lowest BCUT2D eigenvalue weighted by molar-refractivity contribution is -0.149. The summed E-state index contributed by atoms with van der Waals surface area (Å²) in [4.78, 5) is 24.1. The first-order chi connectivity index (χ1) is 10.5. The van der Waals surface area contributed by atoms with E-state index in [2.05, 4.69) is 0 Å². The van der Waals surface area contributed by atoms with Crippen molar-refractivity contribution in [3.63, 3.8) is 0 Å². The number of carbonyl (C=O) groups excluding carboxylic acids is 2. The molecule has 1 aliphatic carbocycles. The maximum absolute atomic E-state index is 12.1. The minimum absolute atomic E-state index is 0.172. The van der Waals surface area contributed by atoms with Crippen molar-refractivity contribution >= 4 is 17.6 Å². The summed E-state index contributed by atoms with van der Waals surface area (Å²) in [5.41, 5.74) is 6.68. The second-order valence-corrected chi connectivity index (χ2v) is 5.65. The lowest BCUT2D eigenvalue weighted by Gasteiger charge is -2.14. The van der Waals surface area contributed by atoms with E-state index in [0.29, 0.717) is 30.7 Å². The van der Waals surface area contributed by atoms with Crippen molar-refractivity contribution in [1.82, 2.24) is 0 Å². The first-order valence-corrected chi connectivity index (χ1v) is 7.78. The minimum Gasteiger partial charge on any atom is -0.466 e. The smallest absolute Gasteiger partial charge is 0.338 e. The van der Waals surface area contributed by atoms with Crippen LogP contribution in [0.25, 0.3) is 0 Å². The molecule has 0 amide bonds. The van der Waals surface area contributed by atoms with Gasteiger partial charge in [0.2, 0.25) is 0 Å². The molecule has 0 bridgehead atoms. The molecule has 1 aromatic carbocycles. The Morgan fingerprint density at radius 1 is 1.18 bits per heavy atom. The van der Waals surface area contributed by atoms with E-state index in [1.807, 2.05) is 6.92 Å². The molecule has 1 saturated carbocycles. The van der Waals surface area contributed by atoms with Crippen molar-refractivity contribution in [2.75, 3.05) is 12.3 Å². The second kappa shape index (κ2) is 7.29. The van der Waals surface area contributed by atoms with Gasteiger partial charge >= 0.3 is 11.9 Å². The maximum Gasteiger partial charge on any atom is 0.338 e. The third-order valence-corrected chi connectivity index (χ3v) is 4.19. The van der Waals surface area contributed by atoms with Crippen molar-refractivity contribution in [3.8, 4) is 0 Å². The first kappa shape index (κ1) is 16.3. The normalized spacial score (nSPS) is 24.0. The van der Waals surface area contributed by atoms with Crippen LogP contribution in [-0.4, -0.2) is 24.6 Å². The van der Waals surface area contributed by atoms with E-state index in [1.165, 1.54) is 0 Å². The molecule has 0 heterocycles. The molecule has 0 spiro atoms. The highest BCUT2D eigenvalue weighted by Gasteiger charge is 2.40. The molecule has 120 valence electrons. The van der Waals surface area contributed by atoms with Crippen LogP contribution in [0.4, 0.5) is 5.69 Å². The summed E-state index contributed by atoms with van der Waals surface area (Å²) >= 11 is 0.